The highest BCUT2D eigenvalue weighted by Gasteiger charge is 2.58. The first-order chi connectivity index (χ1) is 13.4. The molecule has 3 saturated carbocycles. The van der Waals surface area contributed by atoms with Crippen molar-refractivity contribution in [3.8, 4) is 0 Å². The molecule has 3 heteroatoms. The molecular formula is C25H41NO2. The van der Waals surface area contributed by atoms with Crippen LogP contribution in [0.2, 0.25) is 0 Å². The van der Waals surface area contributed by atoms with Crippen molar-refractivity contribution in [1.29, 1.82) is 0 Å². The van der Waals surface area contributed by atoms with Crippen LogP contribution in [-0.2, 0) is 9.53 Å². The number of nitrogens with zero attached hydrogens (tertiary/aromatic N) is 1. The van der Waals surface area contributed by atoms with Gasteiger partial charge in [0.25, 0.3) is 0 Å². The van der Waals surface area contributed by atoms with E-state index in [9.17, 15) is 4.79 Å². The summed E-state index contributed by atoms with van der Waals surface area (Å²) in [6.45, 7) is 13.4. The molecule has 0 aliphatic heterocycles. The predicted molar refractivity (Wildman–Crippen MR) is 114 cm³/mol. The minimum Gasteiger partial charge on any atom is -0.377 e. The lowest BCUT2D eigenvalue weighted by atomic mass is 9.48. The fraction of sp³-hybridized carbons (Fsp3) is 0.880. The molecule has 0 unspecified atom stereocenters. The lowest BCUT2D eigenvalue weighted by Crippen LogP contribution is -2.50. The van der Waals surface area contributed by atoms with Crippen LogP contribution in [0.3, 0.4) is 0 Å². The fourth-order valence-electron chi connectivity index (χ4n) is 7.43. The van der Waals surface area contributed by atoms with Gasteiger partial charge < -0.3 is 9.64 Å². The fourth-order valence-corrected chi connectivity index (χ4v) is 7.43. The van der Waals surface area contributed by atoms with Crippen molar-refractivity contribution in [3.63, 3.8) is 0 Å². The van der Waals surface area contributed by atoms with Gasteiger partial charge in [-0.3, -0.25) is 4.79 Å². The molecule has 0 amide bonds. The predicted octanol–water partition coefficient (Wildman–Crippen LogP) is 5.25. The lowest BCUT2D eigenvalue weighted by molar-refractivity contribution is -0.132. The van der Waals surface area contributed by atoms with Crippen molar-refractivity contribution >= 4 is 5.78 Å². The molecule has 158 valence electrons. The van der Waals surface area contributed by atoms with E-state index >= 15 is 0 Å². The Kier molecular flexibility index (Phi) is 5.79. The number of allylic oxidation sites excluding steroid dienone is 1. The van der Waals surface area contributed by atoms with Gasteiger partial charge in [-0.05, 0) is 81.2 Å². The van der Waals surface area contributed by atoms with Crippen LogP contribution in [0.5, 0.6) is 0 Å². The molecule has 0 heterocycles. The molecule has 0 aromatic rings. The molecule has 4 aliphatic carbocycles. The Labute approximate surface area is 172 Å². The SMILES string of the molecule is CCN(CC)CCO[C@@H]1CC[C@@]2(C)C(=CC[C@@H]3[C@@H]2CC[C@]2(C)C(=O)CC[C@@H]32)C1. The summed E-state index contributed by atoms with van der Waals surface area (Å²) in [4.78, 5) is 15.0. The molecule has 0 aromatic heterocycles. The van der Waals surface area contributed by atoms with Crippen molar-refractivity contribution in [2.75, 3.05) is 26.2 Å². The number of ketones is 1. The van der Waals surface area contributed by atoms with E-state index in [4.69, 9.17) is 4.74 Å². The molecule has 3 fully saturated rings. The first-order valence-corrected chi connectivity index (χ1v) is 12.0. The maximum Gasteiger partial charge on any atom is 0.139 e. The van der Waals surface area contributed by atoms with Crippen molar-refractivity contribution in [1.82, 2.24) is 4.90 Å². The van der Waals surface area contributed by atoms with Crippen LogP contribution in [0.4, 0.5) is 0 Å². The van der Waals surface area contributed by atoms with Gasteiger partial charge in [0, 0.05) is 18.4 Å². The molecule has 4 rings (SSSR count). The van der Waals surface area contributed by atoms with Crippen molar-refractivity contribution in [3.05, 3.63) is 11.6 Å². The van der Waals surface area contributed by atoms with Gasteiger partial charge in [0.1, 0.15) is 5.78 Å². The molecule has 0 aromatic carbocycles. The Hall–Kier alpha value is -0.670. The zero-order valence-corrected chi connectivity index (χ0v) is 18.6. The molecule has 0 saturated heterocycles. The first kappa shape index (κ1) is 20.6. The molecule has 3 nitrogen and oxygen atoms in total. The summed E-state index contributed by atoms with van der Waals surface area (Å²) in [5.74, 6) is 2.71. The zero-order valence-electron chi connectivity index (χ0n) is 18.6. The molecule has 0 N–H and O–H groups in total. The zero-order chi connectivity index (χ0) is 19.9. The second-order valence-electron chi connectivity index (χ2n) is 10.4. The Balaban J connectivity index is 1.42. The molecule has 0 spiro atoms. The standard InChI is InChI=1S/C25H41NO2/c1-5-26(6-2)15-16-28-19-11-13-24(3)18(17-19)7-8-20-21-9-10-23(27)25(21,4)14-12-22(20)24/h7,19-22H,5-6,8-17H2,1-4H3/t19-,20+,21+,22+,24+,25+/m1/s1. The number of carbonyl (C=O) groups excluding carboxylic acids is 1. The number of fused-ring (bicyclic) bond motifs is 5. The van der Waals surface area contributed by atoms with Gasteiger partial charge >= 0.3 is 0 Å². The van der Waals surface area contributed by atoms with Gasteiger partial charge in [0.2, 0.25) is 0 Å². The maximum absolute atomic E-state index is 12.6. The monoisotopic (exact) mass is 387 g/mol. The van der Waals surface area contributed by atoms with Crippen LogP contribution in [0, 0.1) is 28.6 Å². The van der Waals surface area contributed by atoms with E-state index in [-0.39, 0.29) is 5.41 Å². The maximum atomic E-state index is 12.6. The van der Waals surface area contributed by atoms with Crippen LogP contribution in [0.15, 0.2) is 11.6 Å². The number of hydrogen-bond acceptors (Lipinski definition) is 3. The summed E-state index contributed by atoms with van der Waals surface area (Å²) in [7, 11) is 0. The van der Waals surface area contributed by atoms with Crippen LogP contribution >= 0.6 is 0 Å². The van der Waals surface area contributed by atoms with E-state index in [0.717, 1.165) is 63.8 Å². The van der Waals surface area contributed by atoms with E-state index in [1.807, 2.05) is 0 Å². The van der Waals surface area contributed by atoms with E-state index in [2.05, 4.69) is 38.7 Å². The average molecular weight is 388 g/mol. The van der Waals surface area contributed by atoms with E-state index in [1.54, 1.807) is 5.57 Å². The number of Topliss-reactive ketones (excluding diaryl/α,β-unsaturated/α-hetero) is 1. The van der Waals surface area contributed by atoms with E-state index < -0.39 is 0 Å². The number of likely N-dealkylation sites (N-methyl/N-ethyl adjacent to an activating group) is 1. The summed E-state index contributed by atoms with van der Waals surface area (Å²) >= 11 is 0. The summed E-state index contributed by atoms with van der Waals surface area (Å²) in [5, 5.41) is 0. The van der Waals surface area contributed by atoms with Gasteiger partial charge in [0.15, 0.2) is 0 Å². The van der Waals surface area contributed by atoms with E-state index in [0.29, 0.717) is 23.2 Å². The van der Waals surface area contributed by atoms with Crippen LogP contribution in [0.25, 0.3) is 0 Å². The summed E-state index contributed by atoms with van der Waals surface area (Å²) in [6.07, 6.45) is 12.2. The Bertz CT molecular complexity index is 624. The largest absolute Gasteiger partial charge is 0.377 e. The molecule has 28 heavy (non-hydrogen) atoms. The third-order valence-corrected chi connectivity index (χ3v) is 9.42. The second-order valence-corrected chi connectivity index (χ2v) is 10.4. The highest BCUT2D eigenvalue weighted by atomic mass is 16.5. The number of rotatable bonds is 6. The van der Waals surface area contributed by atoms with E-state index in [1.165, 1.54) is 25.7 Å². The quantitative estimate of drug-likeness (QED) is 0.583. The third-order valence-electron chi connectivity index (χ3n) is 9.42. The average Bonchev–Trinajstić information content (AvgIpc) is 3.00. The smallest absolute Gasteiger partial charge is 0.139 e. The second kappa shape index (κ2) is 7.87. The normalized spacial score (nSPS) is 42.8. The third kappa shape index (κ3) is 3.31. The topological polar surface area (TPSA) is 29.5 Å². The minimum absolute atomic E-state index is 0.00634. The Morgan fingerprint density at radius 2 is 1.79 bits per heavy atom. The van der Waals surface area contributed by atoms with Gasteiger partial charge in [-0.15, -0.1) is 0 Å². The Morgan fingerprint density at radius 3 is 2.54 bits per heavy atom. The van der Waals surface area contributed by atoms with Crippen LogP contribution in [-0.4, -0.2) is 43.0 Å². The van der Waals surface area contributed by atoms with Crippen LogP contribution < -0.4 is 0 Å². The lowest BCUT2D eigenvalue weighted by Gasteiger charge is -2.57. The molecule has 6 atom stereocenters. The van der Waals surface area contributed by atoms with Gasteiger partial charge in [-0.2, -0.15) is 0 Å². The Morgan fingerprint density at radius 1 is 1.07 bits per heavy atom. The van der Waals surface area contributed by atoms with Gasteiger partial charge in [-0.1, -0.05) is 39.3 Å². The van der Waals surface area contributed by atoms with Crippen molar-refractivity contribution < 1.29 is 9.53 Å². The highest BCUT2D eigenvalue weighted by Crippen LogP contribution is 2.64. The van der Waals surface area contributed by atoms with Gasteiger partial charge in [0.05, 0.1) is 12.7 Å². The van der Waals surface area contributed by atoms with Gasteiger partial charge in [-0.25, -0.2) is 0 Å². The number of carbonyl (C=O) groups is 1. The molecule has 0 bridgehead atoms. The summed E-state index contributed by atoms with van der Waals surface area (Å²) in [5.41, 5.74) is 2.03. The summed E-state index contributed by atoms with van der Waals surface area (Å²) < 4.78 is 6.32. The molecule has 0 radical (unpaired) electrons. The van der Waals surface area contributed by atoms with Crippen molar-refractivity contribution in [2.24, 2.45) is 28.6 Å². The van der Waals surface area contributed by atoms with Crippen LogP contribution in [0.1, 0.15) is 79.1 Å². The minimum atomic E-state index is -0.00634. The highest BCUT2D eigenvalue weighted by molar-refractivity contribution is 5.87. The number of hydrogen-bond donors (Lipinski definition) is 0. The number of ether oxygens (including phenoxy) is 1. The van der Waals surface area contributed by atoms with Crippen molar-refractivity contribution in [2.45, 2.75) is 85.2 Å². The first-order valence-electron chi connectivity index (χ1n) is 12.0. The summed E-state index contributed by atoms with van der Waals surface area (Å²) in [6, 6.07) is 0. The molecular weight excluding hydrogens is 346 g/mol. The molecule has 4 aliphatic rings.